The van der Waals surface area contributed by atoms with E-state index in [2.05, 4.69) is 0 Å². The van der Waals surface area contributed by atoms with Crippen LogP contribution in [0.1, 0.15) is 34.1 Å². The molecule has 0 aromatic heterocycles. The first kappa shape index (κ1) is 29.5. The van der Waals surface area contributed by atoms with Crippen molar-refractivity contribution in [2.24, 2.45) is 5.73 Å². The van der Waals surface area contributed by atoms with Crippen LogP contribution in [0.4, 0.5) is 9.59 Å². The van der Waals surface area contributed by atoms with Crippen LogP contribution in [-0.4, -0.2) is 65.5 Å². The van der Waals surface area contributed by atoms with Crippen molar-refractivity contribution in [3.05, 3.63) is 119 Å². The molecule has 4 aromatic carbocycles. The number of rotatable bonds is 10. The van der Waals surface area contributed by atoms with Gasteiger partial charge in [-0.2, -0.15) is 16.7 Å². The molecule has 0 bridgehead atoms. The van der Waals surface area contributed by atoms with E-state index in [1.54, 1.807) is 0 Å². The lowest BCUT2D eigenvalue weighted by molar-refractivity contribution is -0.141. The standard InChI is InChI=1S/C35H32N2O6S/c36-17-18-44-21-32(33(38)39)37(34(40)42-19-30-26-13-5-1-9-22(26)23-10-2-6-14-27(23)30)35(41)43-20-31-28-15-7-3-11-24(28)25-12-4-8-16-29(25)31/h1-16,30-32H,17-21,36H2,(H,38,39)/t32-/m0/s1. The van der Waals surface area contributed by atoms with Crippen molar-refractivity contribution in [3.8, 4) is 22.3 Å². The van der Waals surface area contributed by atoms with Gasteiger partial charge >= 0.3 is 18.2 Å². The van der Waals surface area contributed by atoms with E-state index in [0.717, 1.165) is 44.5 Å². The Morgan fingerprint density at radius 3 is 1.39 bits per heavy atom. The summed E-state index contributed by atoms with van der Waals surface area (Å²) < 4.78 is 11.5. The van der Waals surface area contributed by atoms with Gasteiger partial charge in [0, 0.05) is 29.9 Å². The summed E-state index contributed by atoms with van der Waals surface area (Å²) in [7, 11) is 0. The van der Waals surface area contributed by atoms with Crippen molar-refractivity contribution in [2.45, 2.75) is 17.9 Å². The number of amides is 2. The normalized spacial score (nSPS) is 13.8. The number of hydrogen-bond donors (Lipinski definition) is 2. The number of carboxylic acid groups (broad SMARTS) is 1. The molecule has 0 saturated carbocycles. The van der Waals surface area contributed by atoms with Gasteiger partial charge in [-0.25, -0.2) is 14.4 Å². The molecule has 8 nitrogen and oxygen atoms in total. The Balaban J connectivity index is 1.23. The van der Waals surface area contributed by atoms with E-state index in [1.165, 1.54) is 11.8 Å². The van der Waals surface area contributed by atoms with Crippen molar-refractivity contribution in [3.63, 3.8) is 0 Å². The summed E-state index contributed by atoms with van der Waals surface area (Å²) >= 11 is 1.24. The summed E-state index contributed by atoms with van der Waals surface area (Å²) in [5.74, 6) is -1.44. The molecule has 3 N–H and O–H groups in total. The number of hydrogen-bond acceptors (Lipinski definition) is 7. The zero-order valence-electron chi connectivity index (χ0n) is 23.9. The minimum atomic E-state index is -1.50. The highest BCUT2D eigenvalue weighted by atomic mass is 32.2. The highest BCUT2D eigenvalue weighted by Gasteiger charge is 2.39. The van der Waals surface area contributed by atoms with E-state index in [4.69, 9.17) is 15.2 Å². The fourth-order valence-electron chi connectivity index (χ4n) is 6.19. The second kappa shape index (κ2) is 13.0. The van der Waals surface area contributed by atoms with E-state index in [9.17, 15) is 19.5 Å². The Kier molecular flexibility index (Phi) is 8.67. The fourth-order valence-corrected chi connectivity index (χ4v) is 7.04. The molecule has 224 valence electrons. The molecule has 0 unspecified atom stereocenters. The van der Waals surface area contributed by atoms with Gasteiger partial charge in [0.2, 0.25) is 0 Å². The minimum Gasteiger partial charge on any atom is -0.480 e. The zero-order valence-corrected chi connectivity index (χ0v) is 24.7. The lowest BCUT2D eigenvalue weighted by atomic mass is 9.98. The summed E-state index contributed by atoms with van der Waals surface area (Å²) in [4.78, 5) is 40.3. The largest absolute Gasteiger partial charge is 0.480 e. The number of benzene rings is 4. The van der Waals surface area contributed by atoms with Crippen molar-refractivity contribution in [1.82, 2.24) is 4.90 Å². The van der Waals surface area contributed by atoms with Gasteiger partial charge in [-0.3, -0.25) is 0 Å². The van der Waals surface area contributed by atoms with Gasteiger partial charge in [0.1, 0.15) is 13.2 Å². The Hall–Kier alpha value is -4.60. The first-order chi connectivity index (χ1) is 21.5. The van der Waals surface area contributed by atoms with E-state index >= 15 is 0 Å². The number of nitrogens with two attached hydrogens (primary N) is 1. The summed E-state index contributed by atoms with van der Waals surface area (Å²) in [6, 6.07) is 30.1. The number of nitrogens with zero attached hydrogens (tertiary/aromatic N) is 1. The quantitative estimate of drug-likeness (QED) is 0.201. The van der Waals surface area contributed by atoms with Crippen molar-refractivity contribution in [1.29, 1.82) is 0 Å². The smallest absolute Gasteiger partial charge is 0.420 e. The molecule has 0 saturated heterocycles. The lowest BCUT2D eigenvalue weighted by Gasteiger charge is -2.27. The molecule has 0 fully saturated rings. The molecule has 0 heterocycles. The molecule has 2 aliphatic carbocycles. The molecule has 0 aliphatic heterocycles. The molecule has 1 atom stereocenters. The Labute approximate surface area is 259 Å². The Bertz CT molecular complexity index is 1510. The molecular weight excluding hydrogens is 576 g/mol. The number of ether oxygens (including phenoxy) is 2. The van der Waals surface area contributed by atoms with Crippen LogP contribution < -0.4 is 5.73 Å². The monoisotopic (exact) mass is 608 g/mol. The fraction of sp³-hybridized carbons (Fsp3) is 0.229. The third-order valence-corrected chi connectivity index (χ3v) is 9.28. The van der Waals surface area contributed by atoms with Gasteiger partial charge in [-0.15, -0.1) is 0 Å². The van der Waals surface area contributed by atoms with E-state index in [1.807, 2.05) is 97.1 Å². The van der Waals surface area contributed by atoms with Gasteiger partial charge in [-0.05, 0) is 44.5 Å². The Morgan fingerprint density at radius 1 is 0.682 bits per heavy atom. The molecule has 4 aromatic rings. The van der Waals surface area contributed by atoms with E-state index in [-0.39, 0.29) is 30.8 Å². The SMILES string of the molecule is NCCSC[C@@H](C(=O)O)N(C(=O)OCC1c2ccccc2-c2ccccc21)C(=O)OCC1c2ccccc2-c2ccccc21. The molecule has 9 heteroatoms. The van der Waals surface area contributed by atoms with Crippen LogP contribution in [0.15, 0.2) is 97.1 Å². The van der Waals surface area contributed by atoms with Crippen molar-refractivity contribution < 1.29 is 29.0 Å². The number of imide groups is 1. The molecule has 6 rings (SSSR count). The van der Waals surface area contributed by atoms with Gasteiger partial charge in [0.05, 0.1) is 0 Å². The maximum absolute atomic E-state index is 13.6. The molecular formula is C35H32N2O6S. The summed E-state index contributed by atoms with van der Waals surface area (Å²) in [6.45, 7) is 0.192. The van der Waals surface area contributed by atoms with E-state index < -0.39 is 24.2 Å². The average Bonchev–Trinajstić information content (AvgIpc) is 3.54. The van der Waals surface area contributed by atoms with Crippen LogP contribution in [-0.2, 0) is 14.3 Å². The van der Waals surface area contributed by atoms with Crippen LogP contribution in [0.2, 0.25) is 0 Å². The van der Waals surface area contributed by atoms with Gasteiger partial charge in [0.15, 0.2) is 6.04 Å². The molecule has 2 amide bonds. The summed E-state index contributed by atoms with van der Waals surface area (Å²) in [5, 5.41) is 10.1. The summed E-state index contributed by atoms with van der Waals surface area (Å²) in [6.07, 6.45) is -2.13. The number of fused-ring (bicyclic) bond motifs is 6. The molecule has 2 aliphatic rings. The van der Waals surface area contributed by atoms with Crippen LogP contribution in [0.25, 0.3) is 22.3 Å². The lowest BCUT2D eigenvalue weighted by Crippen LogP contribution is -2.51. The zero-order chi connectivity index (χ0) is 30.6. The van der Waals surface area contributed by atoms with Gasteiger partial charge in [-0.1, -0.05) is 97.1 Å². The van der Waals surface area contributed by atoms with Crippen LogP contribution in [0.3, 0.4) is 0 Å². The third-order valence-electron chi connectivity index (χ3n) is 8.20. The van der Waals surface area contributed by atoms with E-state index in [0.29, 0.717) is 17.2 Å². The number of carboxylic acids is 1. The van der Waals surface area contributed by atoms with Gasteiger partial charge in [0.25, 0.3) is 0 Å². The van der Waals surface area contributed by atoms with Crippen molar-refractivity contribution in [2.75, 3.05) is 31.3 Å². The topological polar surface area (TPSA) is 119 Å². The number of carbonyl (C=O) groups excluding carboxylic acids is 2. The molecule has 0 radical (unpaired) electrons. The maximum Gasteiger partial charge on any atom is 0.420 e. The average molecular weight is 609 g/mol. The first-order valence-electron chi connectivity index (χ1n) is 14.5. The van der Waals surface area contributed by atoms with Gasteiger partial charge < -0.3 is 20.3 Å². The van der Waals surface area contributed by atoms with Crippen LogP contribution in [0, 0.1) is 0 Å². The molecule has 44 heavy (non-hydrogen) atoms. The predicted octanol–water partition coefficient (Wildman–Crippen LogP) is 6.33. The third kappa shape index (κ3) is 5.56. The Morgan fingerprint density at radius 2 is 1.05 bits per heavy atom. The maximum atomic E-state index is 13.6. The first-order valence-corrected chi connectivity index (χ1v) is 15.6. The van der Waals surface area contributed by atoms with Crippen molar-refractivity contribution >= 4 is 29.9 Å². The minimum absolute atomic E-state index is 0.0546. The van der Waals surface area contributed by atoms with Crippen LogP contribution in [0.5, 0.6) is 0 Å². The van der Waals surface area contributed by atoms with Crippen LogP contribution >= 0.6 is 11.8 Å². The number of aliphatic carboxylic acids is 1. The number of carbonyl (C=O) groups is 3. The highest BCUT2D eigenvalue weighted by Crippen LogP contribution is 2.45. The molecule has 0 spiro atoms. The summed E-state index contributed by atoms with van der Waals surface area (Å²) in [5.41, 5.74) is 13.8. The highest BCUT2D eigenvalue weighted by molar-refractivity contribution is 7.99. The second-order valence-corrected chi connectivity index (χ2v) is 11.8. The second-order valence-electron chi connectivity index (χ2n) is 10.7. The predicted molar refractivity (Wildman–Crippen MR) is 170 cm³/mol. The number of thioether (sulfide) groups is 1.